The van der Waals surface area contributed by atoms with Crippen molar-refractivity contribution in [1.29, 1.82) is 0 Å². The van der Waals surface area contributed by atoms with E-state index in [1.54, 1.807) is 21.3 Å². The Bertz CT molecular complexity index is 1100. The summed E-state index contributed by atoms with van der Waals surface area (Å²) >= 11 is 0. The standard InChI is InChI=1S/C28H36N2O4/c1-5-17-16-30-9-7-19-13-27(33-3)28(34-4)15-22(19)24(30)11-20(17)10-23-21-14-26(32-2)25(31)12-18(21)6-8-29-23/h12-15,17,20,24,31H,5-11,16H2,1-4H3/t17-,20+,24-/m0/s1. The van der Waals surface area contributed by atoms with E-state index in [9.17, 15) is 5.11 Å². The number of aliphatic imine (C=N–C) groups is 1. The van der Waals surface area contributed by atoms with Gasteiger partial charge in [0.1, 0.15) is 0 Å². The smallest absolute Gasteiger partial charge is 0.161 e. The first-order valence-corrected chi connectivity index (χ1v) is 12.5. The number of hydrogen-bond donors (Lipinski definition) is 1. The number of nitrogens with zero attached hydrogens (tertiary/aromatic N) is 2. The molecule has 0 saturated carbocycles. The highest BCUT2D eigenvalue weighted by Gasteiger charge is 2.39. The molecule has 182 valence electrons. The van der Waals surface area contributed by atoms with Crippen LogP contribution in [0.1, 0.15) is 54.5 Å². The molecule has 0 radical (unpaired) electrons. The van der Waals surface area contributed by atoms with Gasteiger partial charge >= 0.3 is 0 Å². The second-order valence-electron chi connectivity index (χ2n) is 9.79. The van der Waals surface area contributed by atoms with Crippen molar-refractivity contribution in [3.63, 3.8) is 0 Å². The third kappa shape index (κ3) is 4.02. The molecule has 0 spiro atoms. The minimum absolute atomic E-state index is 0.213. The molecule has 6 nitrogen and oxygen atoms in total. The first-order chi connectivity index (χ1) is 16.6. The number of phenolic OH excluding ortho intramolecular Hbond substituents is 1. The van der Waals surface area contributed by atoms with Gasteiger partial charge in [-0.1, -0.05) is 13.3 Å². The predicted molar refractivity (Wildman–Crippen MR) is 134 cm³/mol. The zero-order valence-corrected chi connectivity index (χ0v) is 20.8. The maximum Gasteiger partial charge on any atom is 0.161 e. The van der Waals surface area contributed by atoms with Gasteiger partial charge in [0.15, 0.2) is 23.0 Å². The second-order valence-corrected chi connectivity index (χ2v) is 9.79. The molecule has 0 amide bonds. The molecule has 3 aliphatic heterocycles. The van der Waals surface area contributed by atoms with Crippen molar-refractivity contribution in [2.24, 2.45) is 16.8 Å². The van der Waals surface area contributed by atoms with Gasteiger partial charge < -0.3 is 19.3 Å². The third-order valence-electron chi connectivity index (χ3n) is 8.15. The lowest BCUT2D eigenvalue weighted by atomic mass is 9.73. The molecule has 0 bridgehead atoms. The molecule has 2 aromatic carbocycles. The molecule has 1 N–H and O–H groups in total. The Labute approximate surface area is 202 Å². The van der Waals surface area contributed by atoms with E-state index in [2.05, 4.69) is 24.0 Å². The molecule has 0 aromatic heterocycles. The molecule has 3 aliphatic rings. The van der Waals surface area contributed by atoms with Gasteiger partial charge in [0.05, 0.1) is 21.3 Å². The molecule has 3 heterocycles. The van der Waals surface area contributed by atoms with E-state index < -0.39 is 0 Å². The molecule has 6 heteroatoms. The lowest BCUT2D eigenvalue weighted by Crippen LogP contribution is -2.46. The number of benzene rings is 2. The zero-order chi connectivity index (χ0) is 23.8. The summed E-state index contributed by atoms with van der Waals surface area (Å²) in [4.78, 5) is 7.64. The molecular weight excluding hydrogens is 428 g/mol. The fourth-order valence-electron chi connectivity index (χ4n) is 6.29. The molecule has 1 saturated heterocycles. The van der Waals surface area contributed by atoms with Crippen LogP contribution in [0.5, 0.6) is 23.0 Å². The van der Waals surface area contributed by atoms with E-state index in [1.807, 2.05) is 12.1 Å². The highest BCUT2D eigenvalue weighted by Crippen LogP contribution is 2.46. The number of fused-ring (bicyclic) bond motifs is 4. The predicted octanol–water partition coefficient (Wildman–Crippen LogP) is 4.80. The Morgan fingerprint density at radius 1 is 0.941 bits per heavy atom. The minimum atomic E-state index is 0.213. The van der Waals surface area contributed by atoms with Crippen LogP contribution >= 0.6 is 0 Å². The summed E-state index contributed by atoms with van der Waals surface area (Å²) < 4.78 is 16.6. The van der Waals surface area contributed by atoms with Gasteiger partial charge in [-0.15, -0.1) is 0 Å². The number of rotatable bonds is 6. The van der Waals surface area contributed by atoms with Gasteiger partial charge in [-0.3, -0.25) is 9.89 Å². The van der Waals surface area contributed by atoms with Crippen molar-refractivity contribution >= 4 is 5.71 Å². The Balaban J connectivity index is 1.45. The van der Waals surface area contributed by atoms with Crippen molar-refractivity contribution in [3.05, 3.63) is 46.5 Å². The van der Waals surface area contributed by atoms with Gasteiger partial charge in [-0.05, 0) is 78.5 Å². The van der Waals surface area contributed by atoms with Crippen LogP contribution in [-0.4, -0.2) is 56.7 Å². The number of methoxy groups -OCH3 is 3. The molecule has 3 atom stereocenters. The van der Waals surface area contributed by atoms with E-state index in [-0.39, 0.29) is 5.75 Å². The van der Waals surface area contributed by atoms with Crippen LogP contribution < -0.4 is 14.2 Å². The van der Waals surface area contributed by atoms with E-state index in [1.165, 1.54) is 28.8 Å². The quantitative estimate of drug-likeness (QED) is 0.665. The second kappa shape index (κ2) is 9.49. The summed E-state index contributed by atoms with van der Waals surface area (Å²) in [5.41, 5.74) is 6.26. The summed E-state index contributed by atoms with van der Waals surface area (Å²) in [7, 11) is 5.03. The van der Waals surface area contributed by atoms with Crippen molar-refractivity contribution in [2.75, 3.05) is 41.0 Å². The lowest BCUT2D eigenvalue weighted by molar-refractivity contribution is 0.0546. The normalized spacial score (nSPS) is 23.9. The molecule has 0 aliphatic carbocycles. The summed E-state index contributed by atoms with van der Waals surface area (Å²) in [5, 5.41) is 10.3. The highest BCUT2D eigenvalue weighted by atomic mass is 16.5. The molecule has 2 aromatic rings. The maximum atomic E-state index is 10.3. The molecule has 34 heavy (non-hydrogen) atoms. The van der Waals surface area contributed by atoms with Crippen LogP contribution in [0, 0.1) is 11.8 Å². The fraction of sp³-hybridized carbons (Fsp3) is 0.536. The Morgan fingerprint density at radius 3 is 2.44 bits per heavy atom. The Morgan fingerprint density at radius 2 is 1.71 bits per heavy atom. The summed E-state index contributed by atoms with van der Waals surface area (Å²) in [6.07, 6.45) is 5.17. The van der Waals surface area contributed by atoms with Gasteiger partial charge in [-0.2, -0.15) is 0 Å². The first kappa shape index (κ1) is 23.0. The monoisotopic (exact) mass is 464 g/mol. The molecular formula is C28H36N2O4. The largest absolute Gasteiger partial charge is 0.504 e. The highest BCUT2D eigenvalue weighted by molar-refractivity contribution is 6.03. The zero-order valence-electron chi connectivity index (χ0n) is 20.8. The van der Waals surface area contributed by atoms with Crippen LogP contribution in [0.15, 0.2) is 29.3 Å². The van der Waals surface area contributed by atoms with E-state index in [0.29, 0.717) is 23.6 Å². The van der Waals surface area contributed by atoms with Crippen LogP contribution in [0.2, 0.25) is 0 Å². The summed E-state index contributed by atoms with van der Waals surface area (Å²) in [5.74, 6) is 3.57. The Hall–Kier alpha value is -2.73. The van der Waals surface area contributed by atoms with Crippen molar-refractivity contribution < 1.29 is 19.3 Å². The minimum Gasteiger partial charge on any atom is -0.504 e. The van der Waals surface area contributed by atoms with Crippen LogP contribution in [0.4, 0.5) is 0 Å². The average molecular weight is 465 g/mol. The van der Waals surface area contributed by atoms with Crippen molar-refractivity contribution in [3.8, 4) is 23.0 Å². The SMILES string of the molecule is CC[C@H]1CN2CCc3cc(OC)c(OC)cc3[C@@H]2C[C@H]1CC1=NCCc2cc(O)c(OC)cc21. The topological polar surface area (TPSA) is 63.5 Å². The van der Waals surface area contributed by atoms with Gasteiger partial charge in [0.25, 0.3) is 0 Å². The van der Waals surface area contributed by atoms with Crippen molar-refractivity contribution in [2.45, 2.75) is 45.1 Å². The average Bonchev–Trinajstić information content (AvgIpc) is 2.87. The van der Waals surface area contributed by atoms with E-state index >= 15 is 0 Å². The molecule has 1 fully saturated rings. The number of aromatic hydroxyl groups is 1. The number of hydrogen-bond acceptors (Lipinski definition) is 6. The number of piperidine rings is 1. The maximum absolute atomic E-state index is 10.3. The van der Waals surface area contributed by atoms with Crippen LogP contribution in [0.3, 0.4) is 0 Å². The number of ether oxygens (including phenoxy) is 3. The van der Waals surface area contributed by atoms with E-state index in [4.69, 9.17) is 19.2 Å². The van der Waals surface area contributed by atoms with Crippen LogP contribution in [-0.2, 0) is 12.8 Å². The van der Waals surface area contributed by atoms with Gasteiger partial charge in [0, 0.05) is 37.0 Å². The third-order valence-corrected chi connectivity index (χ3v) is 8.15. The van der Waals surface area contributed by atoms with Gasteiger partial charge in [0.2, 0.25) is 0 Å². The Kier molecular flexibility index (Phi) is 6.43. The lowest BCUT2D eigenvalue weighted by Gasteiger charge is -2.47. The fourth-order valence-corrected chi connectivity index (χ4v) is 6.29. The molecule has 5 rings (SSSR count). The van der Waals surface area contributed by atoms with E-state index in [0.717, 1.165) is 62.4 Å². The van der Waals surface area contributed by atoms with Gasteiger partial charge in [-0.25, -0.2) is 0 Å². The van der Waals surface area contributed by atoms with Crippen LogP contribution in [0.25, 0.3) is 0 Å². The molecule has 0 unspecified atom stereocenters. The van der Waals surface area contributed by atoms with Crippen molar-refractivity contribution in [1.82, 2.24) is 4.90 Å². The first-order valence-electron chi connectivity index (χ1n) is 12.5. The summed E-state index contributed by atoms with van der Waals surface area (Å²) in [6.45, 7) is 5.32. The number of phenols is 1. The summed E-state index contributed by atoms with van der Waals surface area (Å²) in [6, 6.07) is 8.61.